The minimum atomic E-state index is -0.335. The van der Waals surface area contributed by atoms with Crippen molar-refractivity contribution in [1.82, 2.24) is 4.98 Å². The van der Waals surface area contributed by atoms with Gasteiger partial charge in [0.15, 0.2) is 0 Å². The van der Waals surface area contributed by atoms with E-state index in [1.807, 2.05) is 18.7 Å². The number of benzene rings is 1. The van der Waals surface area contributed by atoms with Gasteiger partial charge < -0.3 is 5.32 Å². The van der Waals surface area contributed by atoms with Crippen LogP contribution in [0, 0.1) is 17.0 Å². The molecule has 7 heteroatoms. The van der Waals surface area contributed by atoms with Gasteiger partial charge in [-0.25, -0.2) is 4.98 Å². The van der Waals surface area contributed by atoms with Crippen LogP contribution in [0.1, 0.15) is 17.8 Å². The number of fused-ring (bicyclic) bond motifs is 1. The van der Waals surface area contributed by atoms with Gasteiger partial charge in [0, 0.05) is 12.6 Å². The molecule has 0 radical (unpaired) electrons. The van der Waals surface area contributed by atoms with Gasteiger partial charge in [0.2, 0.25) is 0 Å². The number of rotatable bonds is 7. The Hall–Kier alpha value is -1.34. The second-order valence-corrected chi connectivity index (χ2v) is 6.67. The summed E-state index contributed by atoms with van der Waals surface area (Å²) in [5.41, 5.74) is 1.52. The zero-order chi connectivity index (χ0) is 14.5. The zero-order valence-electron chi connectivity index (χ0n) is 11.5. The van der Waals surface area contributed by atoms with Crippen molar-refractivity contribution in [3.05, 3.63) is 27.3 Å². The Kier molecular flexibility index (Phi) is 5.19. The van der Waals surface area contributed by atoms with Crippen LogP contribution in [-0.4, -0.2) is 28.5 Å². The highest BCUT2D eigenvalue weighted by atomic mass is 32.2. The monoisotopic (exact) mass is 311 g/mol. The fraction of sp³-hybridized carbons (Fsp3) is 0.462. The summed E-state index contributed by atoms with van der Waals surface area (Å²) in [6, 6.07) is 3.40. The number of unbranched alkanes of at least 4 members (excludes halogenated alkanes) is 1. The molecular formula is C13H17N3O2S2. The van der Waals surface area contributed by atoms with Crippen molar-refractivity contribution in [2.24, 2.45) is 0 Å². The number of hydrogen-bond acceptors (Lipinski definition) is 6. The normalized spacial score (nSPS) is 10.9. The van der Waals surface area contributed by atoms with Crippen molar-refractivity contribution in [3.63, 3.8) is 0 Å². The Balaban J connectivity index is 2.16. The number of aryl methyl sites for hydroxylation is 1. The van der Waals surface area contributed by atoms with Crippen LogP contribution in [0.3, 0.4) is 0 Å². The van der Waals surface area contributed by atoms with E-state index in [0.29, 0.717) is 5.69 Å². The molecule has 2 rings (SSSR count). The molecule has 1 N–H and O–H groups in total. The molecule has 0 spiro atoms. The van der Waals surface area contributed by atoms with Gasteiger partial charge in [0.05, 0.1) is 20.1 Å². The molecule has 0 amide bonds. The van der Waals surface area contributed by atoms with E-state index in [2.05, 4.69) is 16.6 Å². The first-order chi connectivity index (χ1) is 9.61. The number of aromatic nitrogens is 1. The van der Waals surface area contributed by atoms with Gasteiger partial charge in [0.25, 0.3) is 5.69 Å². The Morgan fingerprint density at radius 2 is 2.25 bits per heavy atom. The standard InChI is InChI=1S/C13H17N3O2S2/c1-9-15-11-7-10(14-5-3-4-6-19-2)12(16(17)18)8-13(11)20-9/h7-8,14H,3-6H2,1-2H3. The topological polar surface area (TPSA) is 68.1 Å². The molecule has 0 fully saturated rings. The van der Waals surface area contributed by atoms with Gasteiger partial charge in [-0.2, -0.15) is 11.8 Å². The number of hydrogen-bond donors (Lipinski definition) is 1. The van der Waals surface area contributed by atoms with E-state index in [0.717, 1.165) is 40.4 Å². The van der Waals surface area contributed by atoms with Crippen LogP contribution in [-0.2, 0) is 0 Å². The zero-order valence-corrected chi connectivity index (χ0v) is 13.1. The summed E-state index contributed by atoms with van der Waals surface area (Å²) < 4.78 is 0.863. The molecule has 0 saturated heterocycles. The van der Waals surface area contributed by atoms with Crippen LogP contribution in [0.5, 0.6) is 0 Å². The summed E-state index contributed by atoms with van der Waals surface area (Å²) in [5, 5.41) is 15.2. The number of nitrogens with one attached hydrogen (secondary N) is 1. The Morgan fingerprint density at radius 3 is 2.95 bits per heavy atom. The maximum absolute atomic E-state index is 11.2. The van der Waals surface area contributed by atoms with Crippen molar-refractivity contribution in [3.8, 4) is 0 Å². The number of nitro groups is 1. The molecule has 0 aliphatic heterocycles. The van der Waals surface area contributed by atoms with Crippen LogP contribution < -0.4 is 5.32 Å². The number of nitro benzene ring substituents is 1. The minimum Gasteiger partial charge on any atom is -0.379 e. The summed E-state index contributed by atoms with van der Waals surface area (Å²) in [4.78, 5) is 15.2. The molecule has 5 nitrogen and oxygen atoms in total. The maximum atomic E-state index is 11.2. The number of nitrogens with zero attached hydrogens (tertiary/aromatic N) is 2. The molecule has 1 heterocycles. The molecule has 1 aromatic heterocycles. The van der Waals surface area contributed by atoms with Gasteiger partial charge in [0.1, 0.15) is 5.69 Å². The van der Waals surface area contributed by atoms with Crippen LogP contribution in [0.4, 0.5) is 11.4 Å². The molecule has 108 valence electrons. The molecule has 0 saturated carbocycles. The van der Waals surface area contributed by atoms with Gasteiger partial charge in [-0.15, -0.1) is 11.3 Å². The SMILES string of the molecule is CSCCCCNc1cc2nc(C)sc2cc1[N+](=O)[O-]. The average molecular weight is 311 g/mol. The van der Waals surface area contributed by atoms with Crippen molar-refractivity contribution < 1.29 is 4.92 Å². The highest BCUT2D eigenvalue weighted by molar-refractivity contribution is 7.98. The highest BCUT2D eigenvalue weighted by Crippen LogP contribution is 2.32. The first kappa shape index (κ1) is 15.1. The molecule has 0 aliphatic rings. The largest absolute Gasteiger partial charge is 0.379 e. The Labute approximate surface area is 125 Å². The predicted octanol–water partition coefficient (Wildman–Crippen LogP) is 4.07. The van der Waals surface area contributed by atoms with Crippen LogP contribution >= 0.6 is 23.1 Å². The summed E-state index contributed by atoms with van der Waals surface area (Å²) >= 11 is 3.30. The van der Waals surface area contributed by atoms with Gasteiger partial charge in [-0.3, -0.25) is 10.1 Å². The van der Waals surface area contributed by atoms with Crippen molar-refractivity contribution in [1.29, 1.82) is 0 Å². The fourth-order valence-corrected chi connectivity index (χ4v) is 3.30. The summed E-state index contributed by atoms with van der Waals surface area (Å²) in [6.07, 6.45) is 4.20. The van der Waals surface area contributed by atoms with Crippen LogP contribution in [0.25, 0.3) is 10.2 Å². The molecule has 0 bridgehead atoms. The molecule has 20 heavy (non-hydrogen) atoms. The lowest BCUT2D eigenvalue weighted by atomic mass is 10.2. The summed E-state index contributed by atoms with van der Waals surface area (Å²) in [5.74, 6) is 1.12. The second kappa shape index (κ2) is 6.90. The lowest BCUT2D eigenvalue weighted by Gasteiger charge is -2.06. The van der Waals surface area contributed by atoms with Crippen LogP contribution in [0.15, 0.2) is 12.1 Å². The number of anilines is 1. The van der Waals surface area contributed by atoms with Crippen molar-refractivity contribution >= 4 is 44.7 Å². The van der Waals surface area contributed by atoms with E-state index < -0.39 is 0 Å². The van der Waals surface area contributed by atoms with E-state index in [1.54, 1.807) is 12.1 Å². The number of thioether (sulfide) groups is 1. The second-order valence-electron chi connectivity index (χ2n) is 4.45. The first-order valence-corrected chi connectivity index (χ1v) is 8.61. The summed E-state index contributed by atoms with van der Waals surface area (Å²) in [7, 11) is 0. The lowest BCUT2D eigenvalue weighted by Crippen LogP contribution is -2.04. The van der Waals surface area contributed by atoms with Gasteiger partial charge in [-0.1, -0.05) is 0 Å². The first-order valence-electron chi connectivity index (χ1n) is 6.40. The number of thiazole rings is 1. The smallest absolute Gasteiger partial charge is 0.293 e. The molecule has 2 aromatic rings. The predicted molar refractivity (Wildman–Crippen MR) is 87.1 cm³/mol. The minimum absolute atomic E-state index is 0.131. The van der Waals surface area contributed by atoms with E-state index in [4.69, 9.17) is 0 Å². The fourth-order valence-electron chi connectivity index (χ4n) is 1.97. The third-order valence-electron chi connectivity index (χ3n) is 2.90. The van der Waals surface area contributed by atoms with E-state index >= 15 is 0 Å². The molecule has 0 atom stereocenters. The quantitative estimate of drug-likeness (QED) is 0.474. The molecule has 0 unspecified atom stereocenters. The summed E-state index contributed by atoms with van der Waals surface area (Å²) in [6.45, 7) is 2.65. The van der Waals surface area contributed by atoms with Crippen molar-refractivity contribution in [2.45, 2.75) is 19.8 Å². The van der Waals surface area contributed by atoms with E-state index in [9.17, 15) is 10.1 Å². The van der Waals surface area contributed by atoms with E-state index in [1.165, 1.54) is 11.3 Å². The molecular weight excluding hydrogens is 294 g/mol. The Morgan fingerprint density at radius 1 is 1.45 bits per heavy atom. The van der Waals surface area contributed by atoms with Gasteiger partial charge >= 0.3 is 0 Å². The highest BCUT2D eigenvalue weighted by Gasteiger charge is 2.16. The maximum Gasteiger partial charge on any atom is 0.293 e. The van der Waals surface area contributed by atoms with Crippen molar-refractivity contribution in [2.75, 3.05) is 23.9 Å². The van der Waals surface area contributed by atoms with Gasteiger partial charge in [-0.05, 0) is 37.8 Å². The average Bonchev–Trinajstić information content (AvgIpc) is 2.76. The molecule has 1 aromatic carbocycles. The lowest BCUT2D eigenvalue weighted by molar-refractivity contribution is -0.383. The third kappa shape index (κ3) is 3.61. The van der Waals surface area contributed by atoms with Crippen LogP contribution in [0.2, 0.25) is 0 Å². The van der Waals surface area contributed by atoms with E-state index in [-0.39, 0.29) is 10.6 Å². The molecule has 0 aliphatic carbocycles. The third-order valence-corrected chi connectivity index (χ3v) is 4.53. The Bertz CT molecular complexity index is 613.